The first kappa shape index (κ1) is 24.9. The Balaban J connectivity index is 1.36. The van der Waals surface area contributed by atoms with Crippen molar-refractivity contribution in [3.05, 3.63) is 41.0 Å². The number of carbonyl (C=O) groups excluding carboxylic acids is 2. The third-order valence-electron chi connectivity index (χ3n) is 7.73. The summed E-state index contributed by atoms with van der Waals surface area (Å²) in [5.41, 5.74) is 3.86. The van der Waals surface area contributed by atoms with E-state index in [0.29, 0.717) is 25.2 Å². The number of aliphatic hydroxyl groups excluding tert-OH is 2. The average molecular weight is 512 g/mol. The van der Waals surface area contributed by atoms with Crippen molar-refractivity contribution in [3.63, 3.8) is 0 Å². The van der Waals surface area contributed by atoms with E-state index in [1.165, 1.54) is 6.92 Å². The second-order valence-electron chi connectivity index (χ2n) is 10.2. The van der Waals surface area contributed by atoms with Gasteiger partial charge in [-0.05, 0) is 44.2 Å². The molecule has 0 radical (unpaired) electrons. The highest BCUT2D eigenvalue weighted by Crippen LogP contribution is 2.35. The summed E-state index contributed by atoms with van der Waals surface area (Å²) in [6.07, 6.45) is 0.967. The molecule has 36 heavy (non-hydrogen) atoms. The van der Waals surface area contributed by atoms with Crippen molar-refractivity contribution < 1.29 is 19.8 Å². The first-order valence-corrected chi connectivity index (χ1v) is 13.4. The number of β-amino-alcohol motifs (C(OH)–C–C–N with tert-alkyl or cyclic N) is 1. The van der Waals surface area contributed by atoms with Crippen molar-refractivity contribution in [1.29, 1.82) is 0 Å². The molecule has 2 aromatic rings. The number of nitrogens with one attached hydrogen (secondary N) is 1. The molecule has 9 nitrogen and oxygen atoms in total. The van der Waals surface area contributed by atoms with Crippen molar-refractivity contribution in [2.24, 2.45) is 4.99 Å². The molecule has 1 aromatic heterocycles. The van der Waals surface area contributed by atoms with Crippen LogP contribution < -0.4 is 5.32 Å². The highest BCUT2D eigenvalue weighted by Gasteiger charge is 2.48. The zero-order chi connectivity index (χ0) is 25.6. The van der Waals surface area contributed by atoms with E-state index in [1.54, 1.807) is 21.1 Å². The quantitative estimate of drug-likeness (QED) is 0.578. The number of amides is 2. The minimum atomic E-state index is -1.05. The molecule has 1 aromatic carbocycles. The van der Waals surface area contributed by atoms with Gasteiger partial charge in [-0.15, -0.1) is 11.3 Å². The molecule has 0 aliphatic carbocycles. The number of hydrogen-bond acceptors (Lipinski definition) is 8. The summed E-state index contributed by atoms with van der Waals surface area (Å²) in [6, 6.07) is 6.97. The summed E-state index contributed by atoms with van der Waals surface area (Å²) in [7, 11) is 0. The van der Waals surface area contributed by atoms with Gasteiger partial charge in [-0.2, -0.15) is 0 Å². The van der Waals surface area contributed by atoms with Gasteiger partial charge in [-0.1, -0.05) is 24.3 Å². The summed E-state index contributed by atoms with van der Waals surface area (Å²) < 4.78 is 0. The van der Waals surface area contributed by atoms with Crippen LogP contribution in [0.15, 0.2) is 34.8 Å². The van der Waals surface area contributed by atoms with Gasteiger partial charge < -0.3 is 25.3 Å². The van der Waals surface area contributed by atoms with Crippen molar-refractivity contribution in [2.75, 3.05) is 13.1 Å². The summed E-state index contributed by atoms with van der Waals surface area (Å²) in [4.78, 5) is 39.0. The van der Waals surface area contributed by atoms with Crippen molar-refractivity contribution >= 4 is 29.0 Å². The lowest BCUT2D eigenvalue weighted by Gasteiger charge is -2.38. The van der Waals surface area contributed by atoms with Crippen LogP contribution in [-0.4, -0.2) is 80.2 Å². The number of thiazole rings is 1. The first-order chi connectivity index (χ1) is 17.2. The van der Waals surface area contributed by atoms with Crippen molar-refractivity contribution in [2.45, 2.75) is 76.4 Å². The maximum absolute atomic E-state index is 13.6. The molecule has 2 fully saturated rings. The number of rotatable bonds is 4. The zero-order valence-corrected chi connectivity index (χ0v) is 21.7. The molecule has 3 N–H and O–H groups in total. The maximum atomic E-state index is 13.6. The Kier molecular flexibility index (Phi) is 6.61. The summed E-state index contributed by atoms with van der Waals surface area (Å²) >= 11 is 1.59. The Morgan fingerprint density at radius 2 is 1.92 bits per heavy atom. The molecule has 5 atom stereocenters. The van der Waals surface area contributed by atoms with Gasteiger partial charge in [0, 0.05) is 26.4 Å². The van der Waals surface area contributed by atoms with Gasteiger partial charge in [-0.25, -0.2) is 9.98 Å². The number of aliphatic hydroxyl groups is 2. The molecule has 0 saturated carbocycles. The molecule has 3 aliphatic heterocycles. The van der Waals surface area contributed by atoms with Crippen LogP contribution in [0.5, 0.6) is 0 Å². The molecule has 192 valence electrons. The minimum absolute atomic E-state index is 0.111. The Morgan fingerprint density at radius 3 is 2.58 bits per heavy atom. The second-order valence-corrected chi connectivity index (χ2v) is 11.0. The number of likely N-dealkylation sites (tertiary alicyclic amines) is 2. The molecule has 2 amide bonds. The third-order valence-corrected chi connectivity index (χ3v) is 8.71. The number of hydrogen-bond donors (Lipinski definition) is 3. The van der Waals surface area contributed by atoms with Crippen LogP contribution in [0.25, 0.3) is 10.4 Å². The number of aryl methyl sites for hydroxylation is 1. The summed E-state index contributed by atoms with van der Waals surface area (Å²) in [6.45, 7) is 6.11. The molecule has 5 rings (SSSR count). The Labute approximate surface area is 214 Å². The SMILES string of the molecule is CC(=O)N1CCCC[C@H]1C(=O)N1C[C@H](O)C[C@H]1C1=NC(O)[C@](C)(c2ccc(-c3scnc3C)cc2)N1. The fourth-order valence-electron chi connectivity index (χ4n) is 5.63. The van der Waals surface area contributed by atoms with Gasteiger partial charge in [0.25, 0.3) is 0 Å². The van der Waals surface area contributed by atoms with Crippen molar-refractivity contribution in [3.8, 4) is 10.4 Å². The van der Waals surface area contributed by atoms with E-state index >= 15 is 0 Å². The third kappa shape index (κ3) is 4.31. The topological polar surface area (TPSA) is 118 Å². The van der Waals surface area contributed by atoms with E-state index in [4.69, 9.17) is 0 Å². The number of benzene rings is 1. The molecular weight excluding hydrogens is 478 g/mol. The van der Waals surface area contributed by atoms with E-state index in [9.17, 15) is 19.8 Å². The van der Waals surface area contributed by atoms with Gasteiger partial charge in [-0.3, -0.25) is 9.59 Å². The van der Waals surface area contributed by atoms with Crippen LogP contribution in [0.4, 0.5) is 0 Å². The summed E-state index contributed by atoms with van der Waals surface area (Å²) in [5, 5.41) is 24.9. The lowest BCUT2D eigenvalue weighted by Crippen LogP contribution is -2.56. The number of amidine groups is 1. The normalized spacial score (nSPS) is 30.3. The molecule has 4 heterocycles. The van der Waals surface area contributed by atoms with Crippen molar-refractivity contribution in [1.82, 2.24) is 20.1 Å². The molecule has 1 unspecified atom stereocenters. The molecular formula is C26H33N5O4S. The van der Waals surface area contributed by atoms with Gasteiger partial charge in [0.15, 0.2) is 6.23 Å². The van der Waals surface area contributed by atoms with Gasteiger partial charge in [0.2, 0.25) is 11.8 Å². The predicted molar refractivity (Wildman–Crippen MR) is 137 cm³/mol. The Morgan fingerprint density at radius 1 is 1.17 bits per heavy atom. The van der Waals surface area contributed by atoms with Crippen LogP contribution in [0.1, 0.15) is 50.8 Å². The predicted octanol–water partition coefficient (Wildman–Crippen LogP) is 2.02. The molecule has 3 aliphatic rings. The minimum Gasteiger partial charge on any atom is -0.391 e. The Hall–Kier alpha value is -2.82. The van der Waals surface area contributed by atoms with E-state index in [0.717, 1.165) is 34.5 Å². The standard InChI is InChI=1S/C26H33N5O4S/c1-15-22(36-14-27-15)17-7-9-18(10-8-17)26(3)25(35)28-23(29-26)21-12-19(33)13-31(21)24(34)20-6-4-5-11-30(20)16(2)32/h7-10,14,19-21,25,33,35H,4-6,11-13H2,1-3H3,(H,28,29)/t19-,20+,21+,25?,26+/m1/s1. The molecule has 2 saturated heterocycles. The van der Waals surface area contributed by atoms with Crippen LogP contribution in [0.3, 0.4) is 0 Å². The zero-order valence-electron chi connectivity index (χ0n) is 20.8. The lowest BCUT2D eigenvalue weighted by atomic mass is 9.90. The van der Waals surface area contributed by atoms with Crippen LogP contribution in [0.2, 0.25) is 0 Å². The molecule has 0 spiro atoms. The highest BCUT2D eigenvalue weighted by molar-refractivity contribution is 7.13. The number of nitrogens with zero attached hydrogens (tertiary/aromatic N) is 4. The van der Waals surface area contributed by atoms with Gasteiger partial charge in [0.05, 0.1) is 28.2 Å². The highest BCUT2D eigenvalue weighted by atomic mass is 32.1. The molecule has 10 heteroatoms. The van der Waals surface area contributed by atoms with E-state index < -0.39 is 30.0 Å². The average Bonchev–Trinajstić information content (AvgIpc) is 3.56. The molecule has 0 bridgehead atoms. The lowest BCUT2D eigenvalue weighted by molar-refractivity contribution is -0.146. The van der Waals surface area contributed by atoms with Crippen LogP contribution in [-0.2, 0) is 15.1 Å². The first-order valence-electron chi connectivity index (χ1n) is 12.5. The van der Waals surface area contributed by atoms with Crippen LogP contribution >= 0.6 is 11.3 Å². The monoisotopic (exact) mass is 511 g/mol. The fourth-order valence-corrected chi connectivity index (χ4v) is 6.45. The smallest absolute Gasteiger partial charge is 0.246 e. The fraction of sp³-hybridized carbons (Fsp3) is 0.538. The van der Waals surface area contributed by atoms with Gasteiger partial charge >= 0.3 is 0 Å². The summed E-state index contributed by atoms with van der Waals surface area (Å²) in [5.74, 6) is 0.214. The van der Waals surface area contributed by atoms with Gasteiger partial charge in [0.1, 0.15) is 17.4 Å². The van der Waals surface area contributed by atoms with E-state index in [1.807, 2.05) is 43.6 Å². The number of piperidine rings is 1. The number of aromatic nitrogens is 1. The van der Waals surface area contributed by atoms with E-state index in [-0.39, 0.29) is 18.4 Å². The van der Waals surface area contributed by atoms with E-state index in [2.05, 4.69) is 15.3 Å². The number of aliphatic imine (C=N–C) groups is 1. The number of carbonyl (C=O) groups is 2. The second kappa shape index (κ2) is 9.57. The van der Waals surface area contributed by atoms with Crippen LogP contribution in [0, 0.1) is 6.92 Å². The Bertz CT molecular complexity index is 1180. The maximum Gasteiger partial charge on any atom is 0.246 e. The largest absolute Gasteiger partial charge is 0.391 e.